The lowest BCUT2D eigenvalue weighted by molar-refractivity contribution is -0.149. The summed E-state index contributed by atoms with van der Waals surface area (Å²) in [6, 6.07) is 7.45. The monoisotopic (exact) mass is 565 g/mol. The number of carbonyl (C=O) groups is 1. The van der Waals surface area contributed by atoms with E-state index in [1.165, 1.54) is 13.3 Å². The van der Waals surface area contributed by atoms with Crippen LogP contribution in [-0.4, -0.2) is 44.9 Å². The van der Waals surface area contributed by atoms with Gasteiger partial charge in [0.2, 0.25) is 0 Å². The SMILES string of the molecule is CC(C)OC(=O)[C@H](C)NP(=O)(Oc1ccccc1Cl)O[C@@H](C)[C@@H]1C[C@H](C)[C@H](n2ccc3c(N)ncnc32)O1. The lowest BCUT2D eigenvalue weighted by atomic mass is 10.0. The first-order chi connectivity index (χ1) is 18.0. The van der Waals surface area contributed by atoms with Gasteiger partial charge in [-0.1, -0.05) is 30.7 Å². The van der Waals surface area contributed by atoms with Gasteiger partial charge in [-0.05, 0) is 52.3 Å². The predicted octanol–water partition coefficient (Wildman–Crippen LogP) is 5.11. The van der Waals surface area contributed by atoms with E-state index in [4.69, 9.17) is 35.9 Å². The van der Waals surface area contributed by atoms with Crippen LogP contribution in [0.2, 0.25) is 5.02 Å². The Morgan fingerprint density at radius 2 is 1.97 bits per heavy atom. The molecule has 4 rings (SSSR count). The lowest BCUT2D eigenvalue weighted by Crippen LogP contribution is -2.38. The molecule has 206 valence electrons. The van der Waals surface area contributed by atoms with Gasteiger partial charge in [0.05, 0.1) is 28.7 Å². The molecule has 0 spiro atoms. The van der Waals surface area contributed by atoms with Crippen LogP contribution in [0.4, 0.5) is 5.82 Å². The Morgan fingerprint density at radius 3 is 2.68 bits per heavy atom. The van der Waals surface area contributed by atoms with E-state index in [-0.39, 0.29) is 29.0 Å². The van der Waals surface area contributed by atoms with Gasteiger partial charge >= 0.3 is 13.7 Å². The molecule has 11 nitrogen and oxygen atoms in total. The minimum Gasteiger partial charge on any atom is -0.462 e. The molecule has 1 aliphatic heterocycles. The van der Waals surface area contributed by atoms with E-state index in [0.29, 0.717) is 17.9 Å². The lowest BCUT2D eigenvalue weighted by Gasteiger charge is -2.28. The van der Waals surface area contributed by atoms with E-state index in [0.717, 1.165) is 5.39 Å². The van der Waals surface area contributed by atoms with Crippen LogP contribution in [-0.2, 0) is 23.4 Å². The maximum atomic E-state index is 14.0. The molecule has 1 aliphatic rings. The van der Waals surface area contributed by atoms with Gasteiger partial charge < -0.3 is 24.3 Å². The van der Waals surface area contributed by atoms with Gasteiger partial charge in [-0.25, -0.2) is 14.5 Å². The maximum Gasteiger partial charge on any atom is 0.459 e. The first-order valence-electron chi connectivity index (χ1n) is 12.4. The summed E-state index contributed by atoms with van der Waals surface area (Å²) in [5, 5.41) is 3.68. The number of benzene rings is 1. The number of anilines is 1. The fourth-order valence-electron chi connectivity index (χ4n) is 4.33. The Bertz CT molecular complexity index is 1340. The zero-order valence-corrected chi connectivity index (χ0v) is 23.6. The zero-order chi connectivity index (χ0) is 27.6. The number of esters is 1. The normalized spacial score (nSPS) is 22.8. The number of nitrogens with one attached hydrogen (secondary N) is 1. The van der Waals surface area contributed by atoms with Gasteiger partial charge in [0.1, 0.15) is 35.8 Å². The number of fused-ring (bicyclic) bond motifs is 1. The second-order valence-corrected chi connectivity index (χ2v) is 11.7. The molecular weight excluding hydrogens is 533 g/mol. The first-order valence-corrected chi connectivity index (χ1v) is 14.3. The fourth-order valence-corrected chi connectivity index (χ4v) is 6.28. The molecule has 0 aliphatic carbocycles. The Labute approximate surface area is 226 Å². The molecule has 0 amide bonds. The zero-order valence-electron chi connectivity index (χ0n) is 21.9. The van der Waals surface area contributed by atoms with Crippen molar-refractivity contribution in [2.75, 3.05) is 5.73 Å². The summed E-state index contributed by atoms with van der Waals surface area (Å²) < 4.78 is 39.3. The number of ether oxygens (including phenoxy) is 2. The van der Waals surface area contributed by atoms with Gasteiger partial charge in [-0.3, -0.25) is 9.32 Å². The number of carbonyl (C=O) groups excluding carboxylic acids is 1. The predicted molar refractivity (Wildman–Crippen MR) is 144 cm³/mol. The number of para-hydroxylation sites is 1. The third-order valence-electron chi connectivity index (χ3n) is 6.16. The number of hydrogen-bond donors (Lipinski definition) is 2. The number of nitrogen functional groups attached to an aromatic ring is 1. The minimum atomic E-state index is -4.13. The summed E-state index contributed by atoms with van der Waals surface area (Å²) in [5.74, 6) is 0.0261. The summed E-state index contributed by atoms with van der Waals surface area (Å²) in [4.78, 5) is 20.9. The van der Waals surface area contributed by atoms with Crippen molar-refractivity contribution >= 4 is 42.2 Å². The van der Waals surface area contributed by atoms with Crippen LogP contribution in [0.3, 0.4) is 0 Å². The highest BCUT2D eigenvalue weighted by atomic mass is 35.5. The van der Waals surface area contributed by atoms with E-state index in [2.05, 4.69) is 22.0 Å². The van der Waals surface area contributed by atoms with Crippen LogP contribution < -0.4 is 15.3 Å². The smallest absolute Gasteiger partial charge is 0.459 e. The molecule has 3 heterocycles. The quantitative estimate of drug-likeness (QED) is 0.251. The maximum absolute atomic E-state index is 14.0. The van der Waals surface area contributed by atoms with Crippen molar-refractivity contribution < 1.29 is 27.9 Å². The summed E-state index contributed by atoms with van der Waals surface area (Å²) >= 11 is 6.25. The Balaban J connectivity index is 1.53. The average molecular weight is 566 g/mol. The van der Waals surface area contributed by atoms with Crippen LogP contribution in [0.5, 0.6) is 5.75 Å². The van der Waals surface area contributed by atoms with E-state index in [1.807, 2.05) is 16.8 Å². The van der Waals surface area contributed by atoms with E-state index >= 15 is 0 Å². The molecule has 13 heteroatoms. The molecule has 3 N–H and O–H groups in total. The highest BCUT2D eigenvalue weighted by Crippen LogP contribution is 2.50. The van der Waals surface area contributed by atoms with E-state index < -0.39 is 32.0 Å². The highest BCUT2D eigenvalue weighted by Gasteiger charge is 2.42. The molecule has 2 aromatic heterocycles. The van der Waals surface area contributed by atoms with Crippen molar-refractivity contribution in [1.82, 2.24) is 19.6 Å². The first kappa shape index (κ1) is 28.3. The molecule has 1 aromatic carbocycles. The van der Waals surface area contributed by atoms with Crippen molar-refractivity contribution in [2.24, 2.45) is 5.92 Å². The van der Waals surface area contributed by atoms with Gasteiger partial charge in [0.15, 0.2) is 0 Å². The summed E-state index contributed by atoms with van der Waals surface area (Å²) in [5.41, 5.74) is 6.65. The van der Waals surface area contributed by atoms with Crippen LogP contribution in [0, 0.1) is 5.92 Å². The van der Waals surface area contributed by atoms with Crippen molar-refractivity contribution in [2.45, 2.75) is 71.6 Å². The fraction of sp³-hybridized carbons (Fsp3) is 0.480. The number of halogens is 1. The van der Waals surface area contributed by atoms with Crippen molar-refractivity contribution in [3.8, 4) is 5.75 Å². The van der Waals surface area contributed by atoms with E-state index in [9.17, 15) is 9.36 Å². The summed E-state index contributed by atoms with van der Waals surface area (Å²) in [7, 11) is -4.13. The summed E-state index contributed by atoms with van der Waals surface area (Å²) in [6.07, 6.45) is 2.08. The summed E-state index contributed by atoms with van der Waals surface area (Å²) in [6.45, 7) is 8.78. The second kappa shape index (κ2) is 11.6. The third kappa shape index (κ3) is 6.30. The Hall–Kier alpha value is -2.69. The standard InChI is InChI=1S/C25H33ClN5O6P/c1-14(2)34-25(32)16(4)30-38(33,37-20-9-7-6-8-19(20)26)36-17(5)21-12-15(3)24(35-21)31-11-10-18-22(27)28-13-29-23(18)31/h6-11,13-17,21,24H,12H2,1-5H3,(H,30,33)(H2,27,28,29)/t15-,16-,17-,21-,24+,38?/m0/s1. The number of rotatable bonds is 10. The van der Waals surface area contributed by atoms with Crippen LogP contribution >= 0.6 is 19.3 Å². The van der Waals surface area contributed by atoms with Gasteiger partial charge in [-0.15, -0.1) is 0 Å². The van der Waals surface area contributed by atoms with Crippen molar-refractivity contribution in [3.05, 3.63) is 47.9 Å². The van der Waals surface area contributed by atoms with Crippen LogP contribution in [0.15, 0.2) is 42.9 Å². The number of aromatic nitrogens is 3. The highest BCUT2D eigenvalue weighted by molar-refractivity contribution is 7.52. The minimum absolute atomic E-state index is 0.0783. The molecular formula is C25H33ClN5O6P. The number of nitrogens with two attached hydrogens (primary N) is 1. The topological polar surface area (TPSA) is 140 Å². The Kier molecular flexibility index (Phi) is 8.64. The molecule has 1 saturated heterocycles. The molecule has 6 atom stereocenters. The number of nitrogens with zero attached hydrogens (tertiary/aromatic N) is 3. The second-order valence-electron chi connectivity index (χ2n) is 9.66. The largest absolute Gasteiger partial charge is 0.462 e. The van der Waals surface area contributed by atoms with Gasteiger partial charge in [-0.2, -0.15) is 5.09 Å². The molecule has 3 aromatic rings. The van der Waals surface area contributed by atoms with Gasteiger partial charge in [0.25, 0.3) is 0 Å². The molecule has 1 fully saturated rings. The molecule has 0 saturated carbocycles. The average Bonchev–Trinajstić information content (AvgIpc) is 3.44. The van der Waals surface area contributed by atoms with E-state index in [1.54, 1.807) is 45.0 Å². The molecule has 38 heavy (non-hydrogen) atoms. The van der Waals surface area contributed by atoms with Crippen molar-refractivity contribution in [1.29, 1.82) is 0 Å². The van der Waals surface area contributed by atoms with Gasteiger partial charge in [0, 0.05) is 12.1 Å². The molecule has 0 radical (unpaired) electrons. The van der Waals surface area contributed by atoms with Crippen LogP contribution in [0.25, 0.3) is 11.0 Å². The Morgan fingerprint density at radius 1 is 1.24 bits per heavy atom. The van der Waals surface area contributed by atoms with Crippen molar-refractivity contribution in [3.63, 3.8) is 0 Å². The number of hydrogen-bond acceptors (Lipinski definition) is 9. The van der Waals surface area contributed by atoms with Crippen LogP contribution in [0.1, 0.15) is 47.3 Å². The molecule has 0 bridgehead atoms. The third-order valence-corrected chi connectivity index (χ3v) is 8.22. The molecule has 1 unspecified atom stereocenters.